The van der Waals surface area contributed by atoms with Gasteiger partial charge in [-0.3, -0.25) is 9.89 Å². The summed E-state index contributed by atoms with van der Waals surface area (Å²) in [5, 5.41) is 6.60. The number of nitrogens with zero attached hydrogens (tertiary/aromatic N) is 3. The molecule has 6 heteroatoms. The van der Waals surface area contributed by atoms with Gasteiger partial charge in [0, 0.05) is 24.2 Å². The zero-order chi connectivity index (χ0) is 19.1. The summed E-state index contributed by atoms with van der Waals surface area (Å²) < 4.78 is 1.39. The second-order valence-corrected chi connectivity index (χ2v) is 7.27. The van der Waals surface area contributed by atoms with Gasteiger partial charge in [0.1, 0.15) is 0 Å². The molecule has 2 heterocycles. The largest absolute Gasteiger partial charge is 0.304 e. The van der Waals surface area contributed by atoms with Crippen LogP contribution in [0.1, 0.15) is 34.8 Å². The minimum absolute atomic E-state index is 0.154. The Labute approximate surface area is 162 Å². The minimum atomic E-state index is -0.154. The number of aromatic amines is 1. The molecule has 5 rings (SSSR count). The van der Waals surface area contributed by atoms with Gasteiger partial charge < -0.3 is 5.32 Å². The van der Waals surface area contributed by atoms with Gasteiger partial charge >= 0.3 is 0 Å². The first-order valence-corrected chi connectivity index (χ1v) is 9.55. The number of H-pyrrole nitrogens is 1. The third kappa shape index (κ3) is 2.92. The molecule has 0 spiro atoms. The summed E-state index contributed by atoms with van der Waals surface area (Å²) in [6.07, 6.45) is 2.16. The van der Waals surface area contributed by atoms with Gasteiger partial charge in [-0.1, -0.05) is 48.5 Å². The van der Waals surface area contributed by atoms with Crippen molar-refractivity contribution < 1.29 is 0 Å². The number of aromatic nitrogens is 4. The maximum Gasteiger partial charge on any atom is 0.274 e. The first-order valence-electron chi connectivity index (χ1n) is 9.55. The van der Waals surface area contributed by atoms with Gasteiger partial charge in [-0.15, -0.1) is 0 Å². The Morgan fingerprint density at radius 1 is 1.14 bits per heavy atom. The molecule has 6 nitrogen and oxygen atoms in total. The van der Waals surface area contributed by atoms with Gasteiger partial charge in [-0.2, -0.15) is 9.50 Å². The average Bonchev–Trinajstić information content (AvgIpc) is 3.32. The highest BCUT2D eigenvalue weighted by Gasteiger charge is 2.23. The van der Waals surface area contributed by atoms with Crippen LogP contribution in [0.25, 0.3) is 17.2 Å². The number of benzene rings is 2. The van der Waals surface area contributed by atoms with Gasteiger partial charge in [0.05, 0.1) is 5.69 Å². The van der Waals surface area contributed by atoms with Crippen molar-refractivity contribution >= 4 is 5.78 Å². The number of hydrogen-bond donors (Lipinski definition) is 2. The summed E-state index contributed by atoms with van der Waals surface area (Å²) in [5.74, 6) is 1.03. The number of hydrogen-bond acceptors (Lipinski definition) is 4. The molecule has 28 heavy (non-hydrogen) atoms. The Morgan fingerprint density at radius 3 is 2.86 bits per heavy atom. The quantitative estimate of drug-likeness (QED) is 0.578. The smallest absolute Gasteiger partial charge is 0.274 e. The fourth-order valence-electron chi connectivity index (χ4n) is 4.02. The molecule has 1 unspecified atom stereocenters. The molecule has 1 aliphatic rings. The standard InChI is InChI=1S/C22H21N5O/c1-14-6-5-9-18-17(14)10-11-19(18)23-13-16-12-20(28)27-22(24-16)25-21(26-27)15-7-3-2-4-8-15/h2-9,12,19,23H,10-11,13H2,1H3,(H,24,25,26). The van der Waals surface area contributed by atoms with Crippen LogP contribution in [0.3, 0.4) is 0 Å². The van der Waals surface area contributed by atoms with E-state index >= 15 is 0 Å². The van der Waals surface area contributed by atoms with Crippen LogP contribution in [0, 0.1) is 6.92 Å². The van der Waals surface area contributed by atoms with E-state index in [9.17, 15) is 4.79 Å². The Morgan fingerprint density at radius 2 is 2.00 bits per heavy atom. The van der Waals surface area contributed by atoms with Gasteiger partial charge in [-0.25, -0.2) is 4.98 Å². The molecule has 0 aliphatic heterocycles. The van der Waals surface area contributed by atoms with E-state index in [-0.39, 0.29) is 5.56 Å². The van der Waals surface area contributed by atoms with Crippen LogP contribution in [0.15, 0.2) is 59.4 Å². The van der Waals surface area contributed by atoms with E-state index < -0.39 is 0 Å². The fourth-order valence-corrected chi connectivity index (χ4v) is 4.02. The van der Waals surface area contributed by atoms with Gasteiger partial charge in [0.25, 0.3) is 11.3 Å². The zero-order valence-electron chi connectivity index (χ0n) is 15.6. The summed E-state index contributed by atoms with van der Waals surface area (Å²) in [6.45, 7) is 2.71. The summed E-state index contributed by atoms with van der Waals surface area (Å²) >= 11 is 0. The molecule has 0 saturated carbocycles. The van der Waals surface area contributed by atoms with Crippen molar-refractivity contribution in [3.63, 3.8) is 0 Å². The van der Waals surface area contributed by atoms with Crippen molar-refractivity contribution in [3.05, 3.63) is 87.3 Å². The van der Waals surface area contributed by atoms with Crippen LogP contribution in [0.2, 0.25) is 0 Å². The third-order valence-electron chi connectivity index (χ3n) is 5.47. The second-order valence-electron chi connectivity index (χ2n) is 7.27. The van der Waals surface area contributed by atoms with Crippen LogP contribution in [0.5, 0.6) is 0 Å². The Hall–Kier alpha value is -3.25. The van der Waals surface area contributed by atoms with Crippen LogP contribution >= 0.6 is 0 Å². The highest BCUT2D eigenvalue weighted by Crippen LogP contribution is 2.33. The van der Waals surface area contributed by atoms with Crippen molar-refractivity contribution in [2.45, 2.75) is 32.4 Å². The lowest BCUT2D eigenvalue weighted by Gasteiger charge is -2.14. The molecule has 0 saturated heterocycles. The number of fused-ring (bicyclic) bond motifs is 2. The molecule has 0 bridgehead atoms. The van der Waals surface area contributed by atoms with E-state index in [1.165, 1.54) is 21.2 Å². The van der Waals surface area contributed by atoms with Gasteiger partial charge in [-0.05, 0) is 36.5 Å². The molecular formula is C22H21N5O. The Bertz CT molecular complexity index is 1210. The SMILES string of the molecule is Cc1cccc2c1CCC2NCc1cc(=O)n2[nH]c(-c3ccccc3)nc2n1. The molecule has 2 aromatic heterocycles. The van der Waals surface area contributed by atoms with Crippen molar-refractivity contribution in [1.29, 1.82) is 0 Å². The molecular weight excluding hydrogens is 350 g/mol. The van der Waals surface area contributed by atoms with E-state index in [0.29, 0.717) is 29.9 Å². The molecule has 1 atom stereocenters. The maximum absolute atomic E-state index is 12.5. The first kappa shape index (κ1) is 16.9. The second kappa shape index (κ2) is 6.73. The molecule has 0 amide bonds. The van der Waals surface area contributed by atoms with Crippen LogP contribution < -0.4 is 10.9 Å². The van der Waals surface area contributed by atoms with Gasteiger partial charge in [0.15, 0.2) is 5.82 Å². The third-order valence-corrected chi connectivity index (χ3v) is 5.47. The molecule has 1 aliphatic carbocycles. The summed E-state index contributed by atoms with van der Waals surface area (Å²) in [6, 6.07) is 18.1. The summed E-state index contributed by atoms with van der Waals surface area (Å²) in [5.41, 5.74) is 5.64. The summed E-state index contributed by atoms with van der Waals surface area (Å²) in [4.78, 5) is 21.6. The highest BCUT2D eigenvalue weighted by atomic mass is 16.1. The van der Waals surface area contributed by atoms with Crippen LogP contribution in [0.4, 0.5) is 0 Å². The molecule has 2 N–H and O–H groups in total. The summed E-state index contributed by atoms with van der Waals surface area (Å²) in [7, 11) is 0. The fraction of sp³-hybridized carbons (Fsp3) is 0.227. The lowest BCUT2D eigenvalue weighted by atomic mass is 10.0. The predicted molar refractivity (Wildman–Crippen MR) is 108 cm³/mol. The minimum Gasteiger partial charge on any atom is -0.304 e. The Kier molecular flexibility index (Phi) is 4.06. The first-order chi connectivity index (χ1) is 13.7. The van der Waals surface area contributed by atoms with Crippen molar-refractivity contribution in [1.82, 2.24) is 24.9 Å². The maximum atomic E-state index is 12.5. The molecule has 2 aromatic carbocycles. The van der Waals surface area contributed by atoms with Crippen molar-refractivity contribution in [3.8, 4) is 11.4 Å². The Balaban J connectivity index is 1.40. The van der Waals surface area contributed by atoms with Crippen LogP contribution in [-0.2, 0) is 13.0 Å². The average molecular weight is 371 g/mol. The lowest BCUT2D eigenvalue weighted by Crippen LogP contribution is -2.22. The predicted octanol–water partition coefficient (Wildman–Crippen LogP) is 3.17. The van der Waals surface area contributed by atoms with E-state index in [1.54, 1.807) is 6.07 Å². The number of aryl methyl sites for hydroxylation is 1. The number of rotatable bonds is 4. The van der Waals surface area contributed by atoms with Crippen molar-refractivity contribution in [2.24, 2.45) is 0 Å². The molecule has 4 aromatic rings. The van der Waals surface area contributed by atoms with Gasteiger partial charge in [0.2, 0.25) is 0 Å². The monoisotopic (exact) mass is 371 g/mol. The van der Waals surface area contributed by atoms with E-state index in [2.05, 4.69) is 45.5 Å². The highest BCUT2D eigenvalue weighted by molar-refractivity contribution is 5.56. The van der Waals surface area contributed by atoms with Crippen molar-refractivity contribution in [2.75, 3.05) is 0 Å². The van der Waals surface area contributed by atoms with E-state index in [1.807, 2.05) is 30.3 Å². The van der Waals surface area contributed by atoms with Crippen LogP contribution in [-0.4, -0.2) is 19.6 Å². The zero-order valence-corrected chi connectivity index (χ0v) is 15.6. The normalized spacial score (nSPS) is 15.8. The molecule has 140 valence electrons. The molecule has 0 fully saturated rings. The van der Waals surface area contributed by atoms with E-state index in [4.69, 9.17) is 0 Å². The topological polar surface area (TPSA) is 75.1 Å². The number of nitrogens with one attached hydrogen (secondary N) is 2. The lowest BCUT2D eigenvalue weighted by molar-refractivity contribution is 0.524. The molecule has 0 radical (unpaired) electrons. The van der Waals surface area contributed by atoms with E-state index in [0.717, 1.165) is 18.4 Å².